The van der Waals surface area contributed by atoms with E-state index in [0.29, 0.717) is 16.8 Å². The van der Waals surface area contributed by atoms with Gasteiger partial charge >= 0.3 is 0 Å². The zero-order chi connectivity index (χ0) is 10.8. The van der Waals surface area contributed by atoms with E-state index in [4.69, 9.17) is 0 Å². The Morgan fingerprint density at radius 2 is 2.20 bits per heavy atom. The monoisotopic (exact) mass is 270 g/mol. The predicted octanol–water partition coefficient (Wildman–Crippen LogP) is 3.96. The maximum absolute atomic E-state index is 13.6. The van der Waals surface area contributed by atoms with E-state index in [9.17, 15) is 9.18 Å². The quantitative estimate of drug-likeness (QED) is 0.760. The van der Waals surface area contributed by atoms with E-state index in [0.717, 1.165) is 12.8 Å². The second kappa shape index (κ2) is 4.44. The molecule has 0 bridgehead atoms. The van der Waals surface area contributed by atoms with Crippen molar-refractivity contribution in [1.82, 2.24) is 0 Å². The molecular formula is C12H12BrFO. The first-order valence-electron chi connectivity index (χ1n) is 5.15. The van der Waals surface area contributed by atoms with Gasteiger partial charge in [-0.3, -0.25) is 4.79 Å². The maximum Gasteiger partial charge on any atom is 0.166 e. The van der Waals surface area contributed by atoms with E-state index in [1.807, 2.05) is 0 Å². The number of carbonyl (C=O) groups is 1. The molecule has 0 unspecified atom stereocenters. The molecule has 2 rings (SSSR count). The minimum Gasteiger partial charge on any atom is -0.294 e. The molecule has 1 aliphatic rings. The number of benzene rings is 1. The van der Waals surface area contributed by atoms with Crippen LogP contribution in [0.1, 0.15) is 36.0 Å². The fourth-order valence-electron chi connectivity index (χ4n) is 1.79. The van der Waals surface area contributed by atoms with Gasteiger partial charge in [0.2, 0.25) is 0 Å². The van der Waals surface area contributed by atoms with Crippen LogP contribution < -0.4 is 0 Å². The van der Waals surface area contributed by atoms with E-state index in [1.54, 1.807) is 18.2 Å². The van der Waals surface area contributed by atoms with Crippen LogP contribution in [0, 0.1) is 11.7 Å². The van der Waals surface area contributed by atoms with Gasteiger partial charge < -0.3 is 0 Å². The molecule has 0 atom stereocenters. The standard InChI is InChI=1S/C12H12BrFO/c13-10-6-2-5-9(12(10)14)11(15)7-8-3-1-4-8/h2,5-6,8H,1,3-4,7H2. The number of Topliss-reactive ketones (excluding diaryl/α,β-unsaturated/α-hetero) is 1. The number of hydrogen-bond acceptors (Lipinski definition) is 1. The second-order valence-corrected chi connectivity index (χ2v) is 4.88. The molecule has 0 radical (unpaired) electrons. The second-order valence-electron chi connectivity index (χ2n) is 4.03. The summed E-state index contributed by atoms with van der Waals surface area (Å²) in [5.74, 6) is -0.0174. The number of halogens is 2. The highest BCUT2D eigenvalue weighted by atomic mass is 79.9. The van der Waals surface area contributed by atoms with Crippen LogP contribution in [0.4, 0.5) is 4.39 Å². The van der Waals surface area contributed by atoms with Gasteiger partial charge in [0, 0.05) is 6.42 Å². The first-order valence-corrected chi connectivity index (χ1v) is 5.95. The van der Waals surface area contributed by atoms with Crippen LogP contribution in [0.15, 0.2) is 22.7 Å². The third kappa shape index (κ3) is 2.28. The van der Waals surface area contributed by atoms with Crippen LogP contribution in [0.5, 0.6) is 0 Å². The molecule has 0 spiro atoms. The minimum absolute atomic E-state index is 0.0708. The number of hydrogen-bond donors (Lipinski definition) is 0. The van der Waals surface area contributed by atoms with Gasteiger partial charge in [-0.25, -0.2) is 4.39 Å². The molecule has 80 valence electrons. The van der Waals surface area contributed by atoms with E-state index in [2.05, 4.69) is 15.9 Å². The van der Waals surface area contributed by atoms with Crippen molar-refractivity contribution in [2.75, 3.05) is 0 Å². The lowest BCUT2D eigenvalue weighted by molar-refractivity contribution is 0.0932. The van der Waals surface area contributed by atoms with Gasteiger partial charge in [-0.15, -0.1) is 0 Å². The largest absolute Gasteiger partial charge is 0.294 e. The summed E-state index contributed by atoms with van der Waals surface area (Å²) in [6.45, 7) is 0. The van der Waals surface area contributed by atoms with Crippen LogP contribution in [-0.4, -0.2) is 5.78 Å². The Bertz CT molecular complexity index is 385. The van der Waals surface area contributed by atoms with Crippen LogP contribution in [0.25, 0.3) is 0 Å². The third-order valence-electron chi connectivity index (χ3n) is 2.95. The summed E-state index contributed by atoms with van der Waals surface area (Å²) in [7, 11) is 0. The number of carbonyl (C=O) groups excluding carboxylic acids is 1. The maximum atomic E-state index is 13.6. The van der Waals surface area contributed by atoms with Gasteiger partial charge in [-0.05, 0) is 34.0 Å². The van der Waals surface area contributed by atoms with E-state index < -0.39 is 5.82 Å². The Labute approximate surface area is 96.8 Å². The van der Waals surface area contributed by atoms with Crippen LogP contribution >= 0.6 is 15.9 Å². The van der Waals surface area contributed by atoms with Crippen molar-refractivity contribution in [2.24, 2.45) is 5.92 Å². The molecule has 0 heterocycles. The summed E-state index contributed by atoms with van der Waals surface area (Å²) < 4.78 is 13.9. The molecule has 1 aliphatic carbocycles. The van der Waals surface area contributed by atoms with Crippen molar-refractivity contribution in [2.45, 2.75) is 25.7 Å². The van der Waals surface area contributed by atoms with Crippen molar-refractivity contribution in [3.63, 3.8) is 0 Å². The first kappa shape index (κ1) is 10.8. The summed E-state index contributed by atoms with van der Waals surface area (Å²) in [5.41, 5.74) is 0.219. The molecule has 0 aliphatic heterocycles. The number of ketones is 1. The predicted molar refractivity (Wildman–Crippen MR) is 60.4 cm³/mol. The van der Waals surface area contributed by atoms with Crippen molar-refractivity contribution < 1.29 is 9.18 Å². The van der Waals surface area contributed by atoms with Crippen molar-refractivity contribution in [1.29, 1.82) is 0 Å². The lowest BCUT2D eigenvalue weighted by Gasteiger charge is -2.24. The van der Waals surface area contributed by atoms with E-state index in [1.165, 1.54) is 6.42 Å². The Morgan fingerprint density at radius 1 is 1.47 bits per heavy atom. The van der Waals surface area contributed by atoms with Crippen LogP contribution in [0.3, 0.4) is 0 Å². The zero-order valence-corrected chi connectivity index (χ0v) is 9.89. The smallest absolute Gasteiger partial charge is 0.166 e. The molecule has 0 N–H and O–H groups in total. The normalized spacial score (nSPS) is 16.1. The molecule has 0 amide bonds. The molecule has 0 saturated heterocycles. The fraction of sp³-hybridized carbons (Fsp3) is 0.417. The highest BCUT2D eigenvalue weighted by Crippen LogP contribution is 2.31. The van der Waals surface area contributed by atoms with Gasteiger partial charge in [0.25, 0.3) is 0 Å². The highest BCUT2D eigenvalue weighted by Gasteiger charge is 2.23. The first-order chi connectivity index (χ1) is 7.18. The Balaban J connectivity index is 2.13. The molecule has 1 fully saturated rings. The third-order valence-corrected chi connectivity index (χ3v) is 3.56. The SMILES string of the molecule is O=C(CC1CCC1)c1cccc(Br)c1F. The highest BCUT2D eigenvalue weighted by molar-refractivity contribution is 9.10. The Kier molecular flexibility index (Phi) is 3.19. The molecular weight excluding hydrogens is 259 g/mol. The van der Waals surface area contributed by atoms with Gasteiger partial charge in [-0.1, -0.05) is 25.3 Å². The number of rotatable bonds is 3. The van der Waals surface area contributed by atoms with Crippen molar-refractivity contribution >= 4 is 21.7 Å². The summed E-state index contributed by atoms with van der Waals surface area (Å²) in [4.78, 5) is 11.8. The van der Waals surface area contributed by atoms with Crippen molar-refractivity contribution in [3.8, 4) is 0 Å². The minimum atomic E-state index is -0.429. The molecule has 15 heavy (non-hydrogen) atoms. The molecule has 0 aromatic heterocycles. The average molecular weight is 271 g/mol. The van der Waals surface area contributed by atoms with Crippen molar-refractivity contribution in [3.05, 3.63) is 34.1 Å². The molecule has 1 aromatic carbocycles. The summed E-state index contributed by atoms with van der Waals surface area (Å²) in [6, 6.07) is 4.86. The molecule has 1 nitrogen and oxygen atoms in total. The average Bonchev–Trinajstić information content (AvgIpc) is 2.15. The Morgan fingerprint density at radius 3 is 2.80 bits per heavy atom. The molecule has 1 aromatic rings. The fourth-order valence-corrected chi connectivity index (χ4v) is 2.15. The summed E-state index contributed by atoms with van der Waals surface area (Å²) in [5, 5.41) is 0. The van der Waals surface area contributed by atoms with E-state index >= 15 is 0 Å². The van der Waals surface area contributed by atoms with Gasteiger partial charge in [-0.2, -0.15) is 0 Å². The topological polar surface area (TPSA) is 17.1 Å². The summed E-state index contributed by atoms with van der Waals surface area (Å²) in [6.07, 6.45) is 3.93. The lowest BCUT2D eigenvalue weighted by Crippen LogP contribution is -2.16. The summed E-state index contributed by atoms with van der Waals surface area (Å²) >= 11 is 3.08. The van der Waals surface area contributed by atoms with Crippen LogP contribution in [0.2, 0.25) is 0 Å². The van der Waals surface area contributed by atoms with Crippen LogP contribution in [-0.2, 0) is 0 Å². The molecule has 3 heteroatoms. The van der Waals surface area contributed by atoms with Gasteiger partial charge in [0.15, 0.2) is 5.78 Å². The van der Waals surface area contributed by atoms with Gasteiger partial charge in [0.05, 0.1) is 10.0 Å². The Hall–Kier alpha value is -0.700. The zero-order valence-electron chi connectivity index (χ0n) is 8.30. The van der Waals surface area contributed by atoms with Gasteiger partial charge in [0.1, 0.15) is 5.82 Å². The lowest BCUT2D eigenvalue weighted by atomic mass is 9.81. The molecule has 1 saturated carbocycles. The van der Waals surface area contributed by atoms with E-state index in [-0.39, 0.29) is 11.3 Å².